The quantitative estimate of drug-likeness (QED) is 0.332. The van der Waals surface area contributed by atoms with Crippen LogP contribution >= 0.6 is 0 Å². The number of benzene rings is 2. The lowest BCUT2D eigenvalue weighted by Crippen LogP contribution is -2.39. The van der Waals surface area contributed by atoms with Gasteiger partial charge in [-0.2, -0.15) is 0 Å². The lowest BCUT2D eigenvalue weighted by atomic mass is 10.1. The number of aromatic amines is 1. The molecular weight excluding hydrogens is 324 g/mol. The average molecular weight is 350 g/mol. The number of ether oxygens (including phenoxy) is 1. The highest BCUT2D eigenvalue weighted by molar-refractivity contribution is 5.83. The van der Waals surface area contributed by atoms with E-state index in [9.17, 15) is 0 Å². The number of H-pyrrole nitrogens is 1. The molecule has 3 aromatic rings. The fourth-order valence-corrected chi connectivity index (χ4v) is 2.86. The molecule has 0 bridgehead atoms. The van der Waals surface area contributed by atoms with Gasteiger partial charge in [0.15, 0.2) is 5.96 Å². The number of para-hydroxylation sites is 2. The van der Waals surface area contributed by atoms with E-state index in [4.69, 9.17) is 4.74 Å². The number of hydrogen-bond acceptors (Lipinski definition) is 2. The SMILES string of the molecule is CN=C(NCCCOc1ccccc1)NCCc1c[nH]c2ccccc12. The van der Waals surface area contributed by atoms with Gasteiger partial charge in [-0.3, -0.25) is 4.99 Å². The van der Waals surface area contributed by atoms with Crippen LogP contribution in [0.25, 0.3) is 10.9 Å². The van der Waals surface area contributed by atoms with Crippen LogP contribution in [0.2, 0.25) is 0 Å². The minimum Gasteiger partial charge on any atom is -0.494 e. The summed E-state index contributed by atoms with van der Waals surface area (Å²) >= 11 is 0. The van der Waals surface area contributed by atoms with E-state index in [1.165, 1.54) is 16.5 Å². The number of rotatable bonds is 8. The largest absolute Gasteiger partial charge is 0.494 e. The van der Waals surface area contributed by atoms with Crippen molar-refractivity contribution in [1.82, 2.24) is 15.6 Å². The summed E-state index contributed by atoms with van der Waals surface area (Å²) in [6.45, 7) is 2.34. The topological polar surface area (TPSA) is 61.4 Å². The molecule has 3 rings (SSSR count). The van der Waals surface area contributed by atoms with Gasteiger partial charge in [0, 0.05) is 37.2 Å². The highest BCUT2D eigenvalue weighted by atomic mass is 16.5. The third-order valence-corrected chi connectivity index (χ3v) is 4.21. The van der Waals surface area contributed by atoms with Crippen LogP contribution in [-0.4, -0.2) is 37.7 Å². The summed E-state index contributed by atoms with van der Waals surface area (Å²) in [6, 6.07) is 18.3. The summed E-state index contributed by atoms with van der Waals surface area (Å²) in [4.78, 5) is 7.59. The van der Waals surface area contributed by atoms with E-state index in [1.54, 1.807) is 7.05 Å². The number of aliphatic imine (C=N–C) groups is 1. The standard InChI is InChI=1S/C21H26N4O/c1-22-21(23-13-7-15-26-18-8-3-2-4-9-18)24-14-12-17-16-25-20-11-6-5-10-19(17)20/h2-6,8-11,16,25H,7,12-15H2,1H3,(H2,22,23,24). The van der Waals surface area contributed by atoms with Gasteiger partial charge in [-0.1, -0.05) is 36.4 Å². The maximum absolute atomic E-state index is 5.69. The van der Waals surface area contributed by atoms with Gasteiger partial charge in [0.25, 0.3) is 0 Å². The third kappa shape index (κ3) is 5.02. The van der Waals surface area contributed by atoms with Gasteiger partial charge in [0.2, 0.25) is 0 Å². The normalized spacial score (nSPS) is 11.5. The van der Waals surface area contributed by atoms with E-state index in [1.807, 2.05) is 36.4 Å². The van der Waals surface area contributed by atoms with Crippen molar-refractivity contribution in [3.63, 3.8) is 0 Å². The Morgan fingerprint density at radius 2 is 1.77 bits per heavy atom. The lowest BCUT2D eigenvalue weighted by Gasteiger charge is -2.12. The maximum Gasteiger partial charge on any atom is 0.190 e. The van der Waals surface area contributed by atoms with Crippen LogP contribution in [0.4, 0.5) is 0 Å². The van der Waals surface area contributed by atoms with Crippen LogP contribution in [0.3, 0.4) is 0 Å². The van der Waals surface area contributed by atoms with E-state index in [0.717, 1.165) is 37.6 Å². The molecule has 0 fully saturated rings. The predicted molar refractivity (Wildman–Crippen MR) is 108 cm³/mol. The molecule has 0 aliphatic heterocycles. The highest BCUT2D eigenvalue weighted by Crippen LogP contribution is 2.17. The van der Waals surface area contributed by atoms with Gasteiger partial charge in [0.05, 0.1) is 6.61 Å². The average Bonchev–Trinajstić information content (AvgIpc) is 3.10. The first-order valence-electron chi connectivity index (χ1n) is 9.04. The van der Waals surface area contributed by atoms with Crippen LogP contribution in [0.15, 0.2) is 65.8 Å². The second kappa shape index (κ2) is 9.51. The summed E-state index contributed by atoms with van der Waals surface area (Å²) in [6.07, 6.45) is 3.95. The van der Waals surface area contributed by atoms with Crippen molar-refractivity contribution >= 4 is 16.9 Å². The summed E-state index contributed by atoms with van der Waals surface area (Å²) in [7, 11) is 1.79. The Hall–Kier alpha value is -2.95. The Bertz CT molecular complexity index is 826. The Morgan fingerprint density at radius 3 is 2.62 bits per heavy atom. The minimum atomic E-state index is 0.684. The summed E-state index contributed by atoms with van der Waals surface area (Å²) in [5, 5.41) is 7.98. The van der Waals surface area contributed by atoms with Crippen LogP contribution in [0.1, 0.15) is 12.0 Å². The fraction of sp³-hybridized carbons (Fsp3) is 0.286. The zero-order chi connectivity index (χ0) is 18.0. The molecule has 5 heteroatoms. The minimum absolute atomic E-state index is 0.684. The van der Waals surface area contributed by atoms with E-state index in [-0.39, 0.29) is 0 Å². The van der Waals surface area contributed by atoms with Gasteiger partial charge in [-0.05, 0) is 36.6 Å². The molecular formula is C21H26N4O. The first-order chi connectivity index (χ1) is 12.9. The molecule has 3 N–H and O–H groups in total. The zero-order valence-electron chi connectivity index (χ0n) is 15.2. The number of hydrogen-bond donors (Lipinski definition) is 3. The second-order valence-corrected chi connectivity index (χ2v) is 6.05. The Morgan fingerprint density at radius 1 is 1.00 bits per heavy atom. The van der Waals surface area contributed by atoms with Gasteiger partial charge in [0.1, 0.15) is 5.75 Å². The monoisotopic (exact) mass is 350 g/mol. The predicted octanol–water partition coefficient (Wildman–Crippen LogP) is 3.34. The lowest BCUT2D eigenvalue weighted by molar-refractivity contribution is 0.311. The molecule has 1 heterocycles. The molecule has 0 radical (unpaired) electrons. The van der Waals surface area contributed by atoms with E-state index in [0.29, 0.717) is 6.61 Å². The maximum atomic E-state index is 5.69. The molecule has 136 valence electrons. The van der Waals surface area contributed by atoms with Crippen LogP contribution in [0, 0.1) is 0 Å². The third-order valence-electron chi connectivity index (χ3n) is 4.21. The van der Waals surface area contributed by atoms with Crippen LogP contribution in [0.5, 0.6) is 5.75 Å². The van der Waals surface area contributed by atoms with Crippen molar-refractivity contribution in [2.24, 2.45) is 4.99 Å². The van der Waals surface area contributed by atoms with Crippen molar-refractivity contribution < 1.29 is 4.74 Å². The van der Waals surface area contributed by atoms with E-state index in [2.05, 4.69) is 45.0 Å². The van der Waals surface area contributed by atoms with Crippen molar-refractivity contribution in [3.05, 3.63) is 66.4 Å². The number of guanidine groups is 1. The number of fused-ring (bicyclic) bond motifs is 1. The summed E-state index contributed by atoms with van der Waals surface area (Å²) < 4.78 is 5.69. The van der Waals surface area contributed by atoms with Crippen LogP contribution in [-0.2, 0) is 6.42 Å². The Kier molecular flexibility index (Phi) is 6.53. The smallest absolute Gasteiger partial charge is 0.190 e. The molecule has 26 heavy (non-hydrogen) atoms. The first-order valence-corrected chi connectivity index (χ1v) is 9.04. The highest BCUT2D eigenvalue weighted by Gasteiger charge is 2.03. The van der Waals surface area contributed by atoms with Crippen molar-refractivity contribution in [2.45, 2.75) is 12.8 Å². The van der Waals surface area contributed by atoms with Gasteiger partial charge < -0.3 is 20.4 Å². The van der Waals surface area contributed by atoms with E-state index >= 15 is 0 Å². The molecule has 1 aromatic heterocycles. The molecule has 0 aliphatic carbocycles. The Labute approximate surface area is 154 Å². The molecule has 0 saturated heterocycles. The van der Waals surface area contributed by atoms with Crippen LogP contribution < -0.4 is 15.4 Å². The van der Waals surface area contributed by atoms with Crippen molar-refractivity contribution in [3.8, 4) is 5.75 Å². The zero-order valence-corrected chi connectivity index (χ0v) is 15.2. The molecule has 0 saturated carbocycles. The van der Waals surface area contributed by atoms with Gasteiger partial charge >= 0.3 is 0 Å². The molecule has 5 nitrogen and oxygen atoms in total. The molecule has 0 unspecified atom stereocenters. The molecule has 0 atom stereocenters. The van der Waals surface area contributed by atoms with Crippen molar-refractivity contribution in [2.75, 3.05) is 26.7 Å². The van der Waals surface area contributed by atoms with E-state index < -0.39 is 0 Å². The molecule has 0 aliphatic rings. The first kappa shape index (κ1) is 17.9. The molecule has 2 aromatic carbocycles. The molecule has 0 amide bonds. The summed E-state index contributed by atoms with van der Waals surface area (Å²) in [5.41, 5.74) is 2.50. The number of aromatic nitrogens is 1. The number of nitrogens with zero attached hydrogens (tertiary/aromatic N) is 1. The Balaban J connectivity index is 1.34. The van der Waals surface area contributed by atoms with Gasteiger partial charge in [-0.15, -0.1) is 0 Å². The fourth-order valence-electron chi connectivity index (χ4n) is 2.86. The molecule has 0 spiro atoms. The number of nitrogens with one attached hydrogen (secondary N) is 3. The van der Waals surface area contributed by atoms with Crippen molar-refractivity contribution in [1.29, 1.82) is 0 Å². The van der Waals surface area contributed by atoms with Gasteiger partial charge in [-0.25, -0.2) is 0 Å². The second-order valence-electron chi connectivity index (χ2n) is 6.05. The summed E-state index contributed by atoms with van der Waals surface area (Å²) in [5.74, 6) is 1.73.